The number of hydrogen-bond acceptors (Lipinski definition) is 5. The van der Waals surface area contributed by atoms with Crippen LogP contribution in [-0.2, 0) is 11.2 Å². The van der Waals surface area contributed by atoms with Gasteiger partial charge in [-0.15, -0.1) is 0 Å². The molecule has 1 amide bonds. The van der Waals surface area contributed by atoms with Crippen LogP contribution in [0.25, 0.3) is 0 Å². The average Bonchev–Trinajstić information content (AvgIpc) is 2.65. The lowest BCUT2D eigenvalue weighted by atomic mass is 10.1. The van der Waals surface area contributed by atoms with Crippen molar-refractivity contribution in [2.45, 2.75) is 13.3 Å². The van der Waals surface area contributed by atoms with Crippen molar-refractivity contribution in [3.8, 4) is 17.5 Å². The molecule has 0 spiro atoms. The summed E-state index contributed by atoms with van der Waals surface area (Å²) in [6.45, 7) is 1.92. The van der Waals surface area contributed by atoms with E-state index in [1.54, 1.807) is 19.2 Å². The highest BCUT2D eigenvalue weighted by molar-refractivity contribution is 5.92. The third kappa shape index (κ3) is 4.78. The lowest BCUT2D eigenvalue weighted by Gasteiger charge is -2.09. The minimum atomic E-state index is -0.506. The lowest BCUT2D eigenvalue weighted by molar-refractivity contribution is -0.115. The third-order valence-electron chi connectivity index (χ3n) is 3.77. The van der Waals surface area contributed by atoms with E-state index in [0.29, 0.717) is 5.69 Å². The van der Waals surface area contributed by atoms with Crippen molar-refractivity contribution >= 4 is 11.6 Å². The van der Waals surface area contributed by atoms with Crippen molar-refractivity contribution in [3.63, 3.8) is 0 Å². The van der Waals surface area contributed by atoms with Gasteiger partial charge in [-0.3, -0.25) is 4.79 Å². The minimum absolute atomic E-state index is 0.0103. The van der Waals surface area contributed by atoms with Crippen molar-refractivity contribution in [2.24, 2.45) is 0 Å². The fourth-order valence-corrected chi connectivity index (χ4v) is 2.50. The van der Waals surface area contributed by atoms with E-state index < -0.39 is 5.82 Å². The van der Waals surface area contributed by atoms with E-state index in [2.05, 4.69) is 15.3 Å². The first kappa shape index (κ1) is 18.3. The molecule has 0 radical (unpaired) electrons. The van der Waals surface area contributed by atoms with Gasteiger partial charge in [0, 0.05) is 0 Å². The topological polar surface area (TPSA) is 73.3 Å². The largest absolute Gasteiger partial charge is 0.496 e. The molecular formula is C20H18FN3O3. The molecule has 1 heterocycles. The number of amides is 1. The number of aromatic nitrogens is 2. The van der Waals surface area contributed by atoms with Gasteiger partial charge in [0.15, 0.2) is 11.6 Å². The van der Waals surface area contributed by atoms with Gasteiger partial charge in [-0.05, 0) is 36.2 Å². The summed E-state index contributed by atoms with van der Waals surface area (Å²) in [5.74, 6) is 0.0985. The molecule has 0 unspecified atom stereocenters. The van der Waals surface area contributed by atoms with E-state index in [4.69, 9.17) is 9.47 Å². The molecule has 0 atom stereocenters. The Kier molecular flexibility index (Phi) is 5.61. The molecule has 0 aliphatic heterocycles. The maximum Gasteiger partial charge on any atom is 0.322 e. The second-order valence-electron chi connectivity index (χ2n) is 5.82. The Labute approximate surface area is 156 Å². The maximum absolute atomic E-state index is 13.6. The van der Waals surface area contributed by atoms with Gasteiger partial charge in [0.05, 0.1) is 31.6 Å². The summed E-state index contributed by atoms with van der Waals surface area (Å²) in [5.41, 5.74) is 2.25. The maximum atomic E-state index is 13.6. The number of aryl methyl sites for hydroxylation is 1. The Morgan fingerprint density at radius 1 is 1.11 bits per heavy atom. The van der Waals surface area contributed by atoms with Crippen LogP contribution in [0.5, 0.6) is 17.5 Å². The molecule has 0 bridgehead atoms. The quantitative estimate of drug-likeness (QED) is 0.715. The second-order valence-corrected chi connectivity index (χ2v) is 5.82. The number of methoxy groups -OCH3 is 1. The van der Waals surface area contributed by atoms with Crippen molar-refractivity contribution in [1.29, 1.82) is 0 Å². The van der Waals surface area contributed by atoms with Crippen molar-refractivity contribution in [3.05, 3.63) is 71.8 Å². The van der Waals surface area contributed by atoms with Crippen LogP contribution in [0.1, 0.15) is 11.1 Å². The molecule has 27 heavy (non-hydrogen) atoms. The molecule has 0 saturated carbocycles. The van der Waals surface area contributed by atoms with Gasteiger partial charge in [-0.2, -0.15) is 0 Å². The van der Waals surface area contributed by atoms with Crippen LogP contribution >= 0.6 is 0 Å². The van der Waals surface area contributed by atoms with E-state index in [9.17, 15) is 9.18 Å². The van der Waals surface area contributed by atoms with Gasteiger partial charge in [0.25, 0.3) is 0 Å². The number of ether oxygens (including phenoxy) is 2. The molecule has 3 aromatic rings. The van der Waals surface area contributed by atoms with Crippen molar-refractivity contribution in [2.75, 3.05) is 12.4 Å². The number of benzene rings is 2. The van der Waals surface area contributed by atoms with Crippen LogP contribution < -0.4 is 14.8 Å². The Balaban J connectivity index is 1.60. The van der Waals surface area contributed by atoms with Crippen LogP contribution in [0, 0.1) is 12.7 Å². The molecule has 3 rings (SSSR count). The molecule has 6 nitrogen and oxygen atoms in total. The number of nitrogens with one attached hydrogen (secondary N) is 1. The van der Waals surface area contributed by atoms with Gasteiger partial charge < -0.3 is 14.8 Å². The summed E-state index contributed by atoms with van der Waals surface area (Å²) in [6.07, 6.45) is 3.01. The van der Waals surface area contributed by atoms with Gasteiger partial charge in [0.2, 0.25) is 5.91 Å². The highest BCUT2D eigenvalue weighted by Gasteiger charge is 2.09. The predicted molar refractivity (Wildman–Crippen MR) is 98.6 cm³/mol. The van der Waals surface area contributed by atoms with Gasteiger partial charge >= 0.3 is 6.01 Å². The van der Waals surface area contributed by atoms with E-state index in [0.717, 1.165) is 16.9 Å². The number of carbonyl (C=O) groups excluding carboxylic acids is 1. The van der Waals surface area contributed by atoms with Crippen molar-refractivity contribution in [1.82, 2.24) is 9.97 Å². The number of rotatable bonds is 6. The Morgan fingerprint density at radius 3 is 2.52 bits per heavy atom. The zero-order valence-electron chi connectivity index (χ0n) is 14.9. The first-order valence-corrected chi connectivity index (χ1v) is 8.23. The van der Waals surface area contributed by atoms with Crippen LogP contribution in [-0.4, -0.2) is 23.0 Å². The summed E-state index contributed by atoms with van der Waals surface area (Å²) in [4.78, 5) is 20.2. The van der Waals surface area contributed by atoms with E-state index in [1.165, 1.54) is 24.5 Å². The van der Waals surface area contributed by atoms with E-state index >= 15 is 0 Å². The first-order valence-electron chi connectivity index (χ1n) is 8.23. The summed E-state index contributed by atoms with van der Waals surface area (Å²) < 4.78 is 24.1. The Hall–Kier alpha value is -3.48. The zero-order valence-corrected chi connectivity index (χ0v) is 14.9. The molecule has 2 aromatic carbocycles. The molecular weight excluding hydrogens is 349 g/mol. The van der Waals surface area contributed by atoms with Crippen LogP contribution in [0.2, 0.25) is 0 Å². The van der Waals surface area contributed by atoms with Gasteiger partial charge in [-0.1, -0.05) is 24.3 Å². The molecule has 1 N–H and O–H groups in total. The normalized spacial score (nSPS) is 10.3. The summed E-state index contributed by atoms with van der Waals surface area (Å²) >= 11 is 0. The van der Waals surface area contributed by atoms with E-state index in [1.807, 2.05) is 25.1 Å². The van der Waals surface area contributed by atoms with Crippen LogP contribution in [0.4, 0.5) is 10.1 Å². The number of hydrogen-bond donors (Lipinski definition) is 1. The molecule has 138 valence electrons. The summed E-state index contributed by atoms with van der Waals surface area (Å²) in [7, 11) is 1.61. The number of anilines is 1. The first-order chi connectivity index (χ1) is 13.0. The fraction of sp³-hybridized carbons (Fsp3) is 0.150. The van der Waals surface area contributed by atoms with Crippen LogP contribution in [0.15, 0.2) is 54.9 Å². The lowest BCUT2D eigenvalue weighted by Crippen LogP contribution is -2.15. The number of nitrogens with zero attached hydrogens (tertiary/aromatic N) is 2. The second kappa shape index (κ2) is 8.27. The zero-order chi connectivity index (χ0) is 19.2. The summed E-state index contributed by atoms with van der Waals surface area (Å²) in [6, 6.07) is 11.5. The monoisotopic (exact) mass is 367 g/mol. The molecule has 0 aliphatic rings. The molecule has 1 aromatic heterocycles. The summed E-state index contributed by atoms with van der Waals surface area (Å²) in [5, 5.41) is 2.72. The molecule has 7 heteroatoms. The predicted octanol–water partition coefficient (Wildman–Crippen LogP) is 3.91. The number of carbonyl (C=O) groups is 1. The van der Waals surface area contributed by atoms with Gasteiger partial charge in [0.1, 0.15) is 5.75 Å². The van der Waals surface area contributed by atoms with E-state index in [-0.39, 0.29) is 24.1 Å². The van der Waals surface area contributed by atoms with Gasteiger partial charge in [-0.25, -0.2) is 14.4 Å². The fourth-order valence-electron chi connectivity index (χ4n) is 2.50. The number of para-hydroxylation sites is 1. The molecule has 0 fully saturated rings. The van der Waals surface area contributed by atoms with Crippen LogP contribution in [0.3, 0.4) is 0 Å². The number of halogens is 1. The average molecular weight is 367 g/mol. The smallest absolute Gasteiger partial charge is 0.322 e. The third-order valence-corrected chi connectivity index (χ3v) is 3.77. The standard InChI is InChI=1S/C20H18FN3O3/c1-13-9-14(7-8-17(13)26-2)10-19(25)24-15-11-22-20(23-12-15)27-18-6-4-3-5-16(18)21/h3-9,11-12H,10H2,1-2H3,(H,24,25). The SMILES string of the molecule is COc1ccc(CC(=O)Nc2cnc(Oc3ccccc3F)nc2)cc1C. The highest BCUT2D eigenvalue weighted by Crippen LogP contribution is 2.22. The Morgan fingerprint density at radius 2 is 1.85 bits per heavy atom. The molecule has 0 aliphatic carbocycles. The Bertz CT molecular complexity index is 945. The highest BCUT2D eigenvalue weighted by atomic mass is 19.1. The minimum Gasteiger partial charge on any atom is -0.496 e. The molecule has 0 saturated heterocycles. The van der Waals surface area contributed by atoms with Crippen molar-refractivity contribution < 1.29 is 18.7 Å².